The molecule has 0 aliphatic carbocycles. The molecule has 3 aromatic rings. The van der Waals surface area contributed by atoms with E-state index in [9.17, 15) is 4.79 Å². The van der Waals surface area contributed by atoms with Crippen LogP contribution in [0.2, 0.25) is 0 Å². The number of nitrogens with zero attached hydrogens (tertiary/aromatic N) is 2. The van der Waals surface area contributed by atoms with E-state index in [0.29, 0.717) is 24.7 Å². The molecule has 1 aliphatic rings. The molecule has 6 nitrogen and oxygen atoms in total. The number of ether oxygens (including phenoxy) is 2. The number of hydrogen-bond donors (Lipinski definition) is 1. The SMILES string of the molecule is O=C(CSc1ncnc2sccc12)NC[C@@H]1COc2ccccc2O1. The monoisotopic (exact) mass is 373 g/mol. The number of amides is 1. The summed E-state index contributed by atoms with van der Waals surface area (Å²) in [6, 6.07) is 9.50. The minimum atomic E-state index is -0.188. The maximum absolute atomic E-state index is 12.1. The zero-order valence-corrected chi connectivity index (χ0v) is 14.8. The van der Waals surface area contributed by atoms with Crippen molar-refractivity contribution < 1.29 is 14.3 Å². The second-order valence-electron chi connectivity index (χ2n) is 5.41. The van der Waals surface area contributed by atoms with Gasteiger partial charge >= 0.3 is 0 Å². The molecule has 4 rings (SSSR count). The fourth-order valence-electron chi connectivity index (χ4n) is 2.46. The Morgan fingerprint density at radius 1 is 1.28 bits per heavy atom. The summed E-state index contributed by atoms with van der Waals surface area (Å²) in [7, 11) is 0. The maximum atomic E-state index is 12.1. The first-order chi connectivity index (χ1) is 12.3. The third kappa shape index (κ3) is 3.69. The van der Waals surface area contributed by atoms with Gasteiger partial charge in [0.25, 0.3) is 0 Å². The molecule has 0 radical (unpaired) electrons. The van der Waals surface area contributed by atoms with Crippen molar-refractivity contribution in [1.82, 2.24) is 15.3 Å². The fraction of sp³-hybridized carbons (Fsp3) is 0.235. The molecule has 8 heteroatoms. The van der Waals surface area contributed by atoms with E-state index in [2.05, 4.69) is 15.3 Å². The van der Waals surface area contributed by atoms with Gasteiger partial charge < -0.3 is 14.8 Å². The molecule has 1 N–H and O–H groups in total. The highest BCUT2D eigenvalue weighted by molar-refractivity contribution is 8.00. The van der Waals surface area contributed by atoms with E-state index in [1.54, 1.807) is 11.3 Å². The van der Waals surface area contributed by atoms with E-state index in [0.717, 1.165) is 21.0 Å². The Balaban J connectivity index is 1.28. The van der Waals surface area contributed by atoms with E-state index in [-0.39, 0.29) is 12.0 Å². The van der Waals surface area contributed by atoms with E-state index < -0.39 is 0 Å². The van der Waals surface area contributed by atoms with Gasteiger partial charge in [-0.05, 0) is 23.6 Å². The number of hydrogen-bond acceptors (Lipinski definition) is 7. The van der Waals surface area contributed by atoms with Gasteiger partial charge in [-0.25, -0.2) is 9.97 Å². The lowest BCUT2D eigenvalue weighted by Gasteiger charge is -2.26. The summed E-state index contributed by atoms with van der Waals surface area (Å²) in [5.41, 5.74) is 0. The Labute approximate surface area is 152 Å². The average molecular weight is 373 g/mol. The van der Waals surface area contributed by atoms with Crippen molar-refractivity contribution in [2.45, 2.75) is 11.1 Å². The molecule has 0 unspecified atom stereocenters. The summed E-state index contributed by atoms with van der Waals surface area (Å²) < 4.78 is 11.5. The van der Waals surface area contributed by atoms with Crippen LogP contribution in [0.4, 0.5) is 0 Å². The normalized spacial score (nSPS) is 15.9. The number of thiophene rings is 1. The van der Waals surface area contributed by atoms with Gasteiger partial charge in [-0.1, -0.05) is 23.9 Å². The van der Waals surface area contributed by atoms with Crippen LogP contribution in [0, 0.1) is 0 Å². The van der Waals surface area contributed by atoms with Gasteiger partial charge in [0.05, 0.1) is 12.3 Å². The summed E-state index contributed by atoms with van der Waals surface area (Å²) in [6.07, 6.45) is 1.34. The summed E-state index contributed by atoms with van der Waals surface area (Å²) in [4.78, 5) is 21.5. The highest BCUT2D eigenvalue weighted by atomic mass is 32.2. The Bertz CT molecular complexity index is 899. The van der Waals surface area contributed by atoms with Crippen molar-refractivity contribution in [3.63, 3.8) is 0 Å². The summed E-state index contributed by atoms with van der Waals surface area (Å²) in [5.74, 6) is 1.69. The summed E-state index contributed by atoms with van der Waals surface area (Å²) in [5, 5.41) is 6.68. The van der Waals surface area contributed by atoms with Gasteiger partial charge in [0.15, 0.2) is 11.5 Å². The van der Waals surface area contributed by atoms with Crippen molar-refractivity contribution in [2.24, 2.45) is 0 Å². The number of thioether (sulfide) groups is 1. The van der Waals surface area contributed by atoms with Crippen LogP contribution in [-0.2, 0) is 4.79 Å². The third-order valence-corrected chi connectivity index (χ3v) is 5.49. The van der Waals surface area contributed by atoms with Gasteiger partial charge in [-0.3, -0.25) is 4.79 Å². The van der Waals surface area contributed by atoms with Gasteiger partial charge in [0, 0.05) is 5.39 Å². The molecule has 128 valence electrons. The fourth-order valence-corrected chi connectivity index (χ4v) is 4.07. The van der Waals surface area contributed by atoms with Crippen molar-refractivity contribution >= 4 is 39.2 Å². The zero-order valence-electron chi connectivity index (χ0n) is 13.2. The Hall–Kier alpha value is -2.32. The van der Waals surface area contributed by atoms with E-state index in [1.807, 2.05) is 35.7 Å². The Kier molecular flexibility index (Phi) is 4.71. The van der Waals surface area contributed by atoms with Crippen LogP contribution in [0.3, 0.4) is 0 Å². The maximum Gasteiger partial charge on any atom is 0.230 e. The minimum Gasteiger partial charge on any atom is -0.486 e. The number of benzene rings is 1. The van der Waals surface area contributed by atoms with Gasteiger partial charge in [0.1, 0.15) is 28.9 Å². The molecule has 25 heavy (non-hydrogen) atoms. The highest BCUT2D eigenvalue weighted by Crippen LogP contribution is 2.30. The average Bonchev–Trinajstić information content (AvgIpc) is 3.14. The summed E-state index contributed by atoms with van der Waals surface area (Å²) >= 11 is 2.97. The third-order valence-electron chi connectivity index (χ3n) is 3.66. The molecule has 2 aromatic heterocycles. The van der Waals surface area contributed by atoms with Gasteiger partial charge in [-0.2, -0.15) is 0 Å². The number of fused-ring (bicyclic) bond motifs is 2. The van der Waals surface area contributed by atoms with Crippen molar-refractivity contribution in [3.05, 3.63) is 42.0 Å². The predicted molar refractivity (Wildman–Crippen MR) is 97.5 cm³/mol. The minimum absolute atomic E-state index is 0.0607. The molecular formula is C17H15N3O3S2. The standard InChI is InChI=1S/C17H15N3O3S2/c21-15(9-25-17-12-5-6-24-16(12)19-10-20-17)18-7-11-8-22-13-3-1-2-4-14(13)23-11/h1-6,10-11H,7-9H2,(H,18,21)/t11-/m1/s1. The lowest BCUT2D eigenvalue weighted by atomic mass is 10.2. The number of nitrogens with one attached hydrogen (secondary N) is 1. The largest absolute Gasteiger partial charge is 0.486 e. The molecule has 0 spiro atoms. The molecule has 1 atom stereocenters. The van der Waals surface area contributed by atoms with Crippen LogP contribution < -0.4 is 14.8 Å². The second kappa shape index (κ2) is 7.28. The molecule has 0 bridgehead atoms. The van der Waals surface area contributed by atoms with E-state index >= 15 is 0 Å². The quantitative estimate of drug-likeness (QED) is 0.548. The number of carbonyl (C=O) groups is 1. The van der Waals surface area contributed by atoms with Crippen molar-refractivity contribution in [3.8, 4) is 11.5 Å². The highest BCUT2D eigenvalue weighted by Gasteiger charge is 2.21. The smallest absolute Gasteiger partial charge is 0.230 e. The topological polar surface area (TPSA) is 73.3 Å². The van der Waals surface area contributed by atoms with Gasteiger partial charge in [0.2, 0.25) is 5.91 Å². The number of aromatic nitrogens is 2. The summed E-state index contributed by atoms with van der Waals surface area (Å²) in [6.45, 7) is 0.831. The number of rotatable bonds is 5. The molecule has 1 aromatic carbocycles. The molecule has 1 amide bonds. The first-order valence-corrected chi connectivity index (χ1v) is 9.62. The molecular weight excluding hydrogens is 358 g/mol. The Morgan fingerprint density at radius 2 is 2.16 bits per heavy atom. The van der Waals surface area contributed by atoms with Crippen LogP contribution >= 0.6 is 23.1 Å². The molecule has 0 saturated carbocycles. The van der Waals surface area contributed by atoms with Crippen molar-refractivity contribution in [1.29, 1.82) is 0 Å². The zero-order chi connectivity index (χ0) is 17.1. The molecule has 3 heterocycles. The Morgan fingerprint density at radius 3 is 3.08 bits per heavy atom. The van der Waals surface area contributed by atoms with Crippen molar-refractivity contribution in [2.75, 3.05) is 18.9 Å². The van der Waals surface area contributed by atoms with Crippen LogP contribution in [0.15, 0.2) is 47.1 Å². The van der Waals surface area contributed by atoms with E-state index in [4.69, 9.17) is 9.47 Å². The lowest BCUT2D eigenvalue weighted by Crippen LogP contribution is -2.41. The van der Waals surface area contributed by atoms with Gasteiger partial charge in [-0.15, -0.1) is 11.3 Å². The van der Waals surface area contributed by atoms with Crippen LogP contribution in [0.1, 0.15) is 0 Å². The number of para-hydroxylation sites is 2. The van der Waals surface area contributed by atoms with Crippen LogP contribution in [0.5, 0.6) is 11.5 Å². The first kappa shape index (κ1) is 16.2. The van der Waals surface area contributed by atoms with Crippen LogP contribution in [-0.4, -0.2) is 40.9 Å². The lowest BCUT2D eigenvalue weighted by molar-refractivity contribution is -0.119. The second-order valence-corrected chi connectivity index (χ2v) is 7.27. The molecule has 0 saturated heterocycles. The van der Waals surface area contributed by atoms with E-state index in [1.165, 1.54) is 18.1 Å². The molecule has 0 fully saturated rings. The predicted octanol–water partition coefficient (Wildman–Crippen LogP) is 2.74. The molecule has 1 aliphatic heterocycles. The van der Waals surface area contributed by atoms with Crippen LogP contribution in [0.25, 0.3) is 10.2 Å². The first-order valence-electron chi connectivity index (χ1n) is 7.76. The number of carbonyl (C=O) groups excluding carboxylic acids is 1.